The molecule has 1 aliphatic heterocycles. The van der Waals surface area contributed by atoms with Crippen molar-refractivity contribution in [2.75, 3.05) is 18.0 Å². The predicted molar refractivity (Wildman–Crippen MR) is 74.2 cm³/mol. The topological polar surface area (TPSA) is 27.1 Å². The molecule has 2 rings (SSSR count). The van der Waals surface area contributed by atoms with E-state index in [2.05, 4.69) is 30.0 Å². The molecule has 0 spiro atoms. The monoisotopic (exact) mass is 230 g/mol. The van der Waals surface area contributed by atoms with Crippen LogP contribution in [0.15, 0.2) is 24.3 Å². The van der Waals surface area contributed by atoms with Crippen molar-refractivity contribution in [2.45, 2.75) is 39.0 Å². The van der Waals surface area contributed by atoms with Crippen molar-refractivity contribution in [3.05, 3.63) is 29.8 Å². The lowest BCUT2D eigenvalue weighted by molar-refractivity contribution is 0.577. The van der Waals surface area contributed by atoms with Gasteiger partial charge in [-0.1, -0.05) is 31.5 Å². The first-order valence-electron chi connectivity index (χ1n) is 6.74. The summed E-state index contributed by atoms with van der Waals surface area (Å²) in [5, 5.41) is 8.16. The van der Waals surface area contributed by atoms with E-state index >= 15 is 0 Å². The number of piperidine rings is 1. The molecule has 0 saturated carbocycles. The Balaban J connectivity index is 2.23. The third kappa shape index (κ3) is 2.87. The van der Waals surface area contributed by atoms with E-state index in [1.165, 1.54) is 24.9 Å². The zero-order valence-electron chi connectivity index (χ0n) is 10.7. The molecule has 92 valence electrons. The highest BCUT2D eigenvalue weighted by molar-refractivity contribution is 6.03. The molecule has 1 fully saturated rings. The molecule has 1 saturated heterocycles. The van der Waals surface area contributed by atoms with Gasteiger partial charge in [0, 0.05) is 30.1 Å². The van der Waals surface area contributed by atoms with Gasteiger partial charge in [0.05, 0.1) is 0 Å². The second-order valence-corrected chi connectivity index (χ2v) is 4.79. The van der Waals surface area contributed by atoms with Gasteiger partial charge in [0.15, 0.2) is 0 Å². The average molecular weight is 230 g/mol. The van der Waals surface area contributed by atoms with Gasteiger partial charge in [-0.25, -0.2) is 0 Å². The maximum atomic E-state index is 8.16. The second-order valence-electron chi connectivity index (χ2n) is 4.79. The maximum absolute atomic E-state index is 8.16. The Kier molecular flexibility index (Phi) is 4.18. The van der Waals surface area contributed by atoms with Crippen molar-refractivity contribution >= 4 is 11.4 Å². The third-order valence-corrected chi connectivity index (χ3v) is 3.43. The zero-order valence-corrected chi connectivity index (χ0v) is 10.7. The van der Waals surface area contributed by atoms with Crippen LogP contribution in [0.5, 0.6) is 0 Å². The minimum Gasteiger partial charge on any atom is -0.371 e. The van der Waals surface area contributed by atoms with Crippen LogP contribution in [-0.2, 0) is 0 Å². The van der Waals surface area contributed by atoms with Gasteiger partial charge in [-0.05, 0) is 31.7 Å². The van der Waals surface area contributed by atoms with Gasteiger partial charge in [0.1, 0.15) is 0 Å². The van der Waals surface area contributed by atoms with Crippen molar-refractivity contribution in [1.29, 1.82) is 5.41 Å². The summed E-state index contributed by atoms with van der Waals surface area (Å²) < 4.78 is 0. The van der Waals surface area contributed by atoms with Crippen molar-refractivity contribution < 1.29 is 0 Å². The van der Waals surface area contributed by atoms with Gasteiger partial charge in [0.25, 0.3) is 0 Å². The lowest BCUT2D eigenvalue weighted by Crippen LogP contribution is -2.30. The minimum absolute atomic E-state index is 0.786. The van der Waals surface area contributed by atoms with E-state index in [9.17, 15) is 0 Å². The summed E-state index contributed by atoms with van der Waals surface area (Å²) in [6, 6.07) is 8.41. The van der Waals surface area contributed by atoms with Crippen molar-refractivity contribution in [3.63, 3.8) is 0 Å². The normalized spacial score (nSPS) is 15.9. The summed E-state index contributed by atoms with van der Waals surface area (Å²) in [7, 11) is 0. The summed E-state index contributed by atoms with van der Waals surface area (Å²) in [5.74, 6) is 0. The number of rotatable bonds is 4. The van der Waals surface area contributed by atoms with E-state index in [4.69, 9.17) is 5.41 Å². The van der Waals surface area contributed by atoms with Crippen LogP contribution in [0.4, 0.5) is 5.69 Å². The average Bonchev–Trinajstić information content (AvgIpc) is 2.40. The summed E-state index contributed by atoms with van der Waals surface area (Å²) in [4.78, 5) is 2.45. The van der Waals surface area contributed by atoms with Crippen molar-refractivity contribution in [1.82, 2.24) is 0 Å². The molecule has 2 nitrogen and oxygen atoms in total. The van der Waals surface area contributed by atoms with Gasteiger partial charge in [-0.15, -0.1) is 0 Å². The van der Waals surface area contributed by atoms with E-state index in [1.807, 2.05) is 6.07 Å². The Morgan fingerprint density at radius 2 is 1.88 bits per heavy atom. The van der Waals surface area contributed by atoms with Crippen LogP contribution in [0.1, 0.15) is 44.6 Å². The molecule has 1 aromatic rings. The van der Waals surface area contributed by atoms with Crippen LogP contribution in [0, 0.1) is 5.41 Å². The van der Waals surface area contributed by atoms with Crippen molar-refractivity contribution in [3.8, 4) is 0 Å². The molecule has 0 aromatic heterocycles. The Morgan fingerprint density at radius 3 is 2.59 bits per heavy atom. The highest BCUT2D eigenvalue weighted by Gasteiger charge is 2.15. The highest BCUT2D eigenvalue weighted by atomic mass is 15.1. The molecule has 0 aliphatic carbocycles. The molecule has 1 aliphatic rings. The van der Waals surface area contributed by atoms with Crippen molar-refractivity contribution in [2.24, 2.45) is 0 Å². The fourth-order valence-corrected chi connectivity index (χ4v) is 2.52. The molecule has 1 aromatic carbocycles. The number of para-hydroxylation sites is 1. The summed E-state index contributed by atoms with van der Waals surface area (Å²) in [6.07, 6.45) is 5.86. The first kappa shape index (κ1) is 12.2. The first-order valence-corrected chi connectivity index (χ1v) is 6.74. The molecule has 0 unspecified atom stereocenters. The molecule has 0 atom stereocenters. The first-order chi connectivity index (χ1) is 8.33. The van der Waals surface area contributed by atoms with Crippen LogP contribution in [-0.4, -0.2) is 18.8 Å². The van der Waals surface area contributed by atoms with Gasteiger partial charge in [-0.2, -0.15) is 0 Å². The summed E-state index contributed by atoms with van der Waals surface area (Å²) in [5.41, 5.74) is 3.19. The molecule has 1 N–H and O–H groups in total. The second kappa shape index (κ2) is 5.85. The molecular weight excluding hydrogens is 208 g/mol. The van der Waals surface area contributed by atoms with E-state index in [-0.39, 0.29) is 0 Å². The van der Waals surface area contributed by atoms with Crippen LogP contribution in [0.25, 0.3) is 0 Å². The van der Waals surface area contributed by atoms with Gasteiger partial charge < -0.3 is 10.3 Å². The molecule has 1 heterocycles. The Bertz CT molecular complexity index is 378. The Labute approximate surface area is 104 Å². The van der Waals surface area contributed by atoms with Crippen LogP contribution in [0.3, 0.4) is 0 Å². The quantitative estimate of drug-likeness (QED) is 0.782. The third-order valence-electron chi connectivity index (χ3n) is 3.43. The maximum Gasteiger partial charge on any atom is 0.0458 e. The van der Waals surface area contributed by atoms with Crippen LogP contribution >= 0.6 is 0 Å². The standard InChI is InChI=1S/C15H22N2/c1-2-8-14(16)13-9-4-5-10-15(13)17-11-6-3-7-12-17/h4-5,9-10,16H,2-3,6-8,11-12H2,1H3. The zero-order chi connectivity index (χ0) is 12.1. The van der Waals surface area contributed by atoms with Crippen LogP contribution in [0.2, 0.25) is 0 Å². The number of benzene rings is 1. The number of anilines is 1. The molecule has 2 heteroatoms. The summed E-state index contributed by atoms with van der Waals surface area (Å²) >= 11 is 0. The number of nitrogens with zero attached hydrogens (tertiary/aromatic N) is 1. The number of hydrogen-bond acceptors (Lipinski definition) is 2. The van der Waals surface area contributed by atoms with Gasteiger partial charge in [0.2, 0.25) is 0 Å². The van der Waals surface area contributed by atoms with E-state index in [0.29, 0.717) is 0 Å². The van der Waals surface area contributed by atoms with Gasteiger partial charge >= 0.3 is 0 Å². The number of nitrogens with one attached hydrogen (secondary N) is 1. The lowest BCUT2D eigenvalue weighted by atomic mass is 10.0. The van der Waals surface area contributed by atoms with E-state index in [0.717, 1.165) is 37.2 Å². The van der Waals surface area contributed by atoms with Gasteiger partial charge in [-0.3, -0.25) is 0 Å². The molecule has 0 amide bonds. The minimum atomic E-state index is 0.786. The molecule has 0 bridgehead atoms. The Hall–Kier alpha value is -1.31. The highest BCUT2D eigenvalue weighted by Crippen LogP contribution is 2.25. The summed E-state index contributed by atoms with van der Waals surface area (Å²) in [6.45, 7) is 4.44. The van der Waals surface area contributed by atoms with Crippen LogP contribution < -0.4 is 4.90 Å². The molecule has 0 radical (unpaired) electrons. The number of hydrogen-bond donors (Lipinski definition) is 1. The molecular formula is C15H22N2. The van der Waals surface area contributed by atoms with E-state index < -0.39 is 0 Å². The lowest BCUT2D eigenvalue weighted by Gasteiger charge is -2.30. The van der Waals surface area contributed by atoms with E-state index in [1.54, 1.807) is 0 Å². The fraction of sp³-hybridized carbons (Fsp3) is 0.533. The molecule has 17 heavy (non-hydrogen) atoms. The fourth-order valence-electron chi connectivity index (χ4n) is 2.52. The smallest absolute Gasteiger partial charge is 0.0458 e. The Morgan fingerprint density at radius 1 is 1.18 bits per heavy atom. The predicted octanol–water partition coefficient (Wildman–Crippen LogP) is 3.84. The SMILES string of the molecule is CCCC(=N)c1ccccc1N1CCCCC1. The largest absolute Gasteiger partial charge is 0.371 e.